The molecule has 0 bridgehead atoms. The van der Waals surface area contributed by atoms with Gasteiger partial charge in [-0.25, -0.2) is 9.97 Å². The number of thioether (sulfide) groups is 1. The van der Waals surface area contributed by atoms with Crippen LogP contribution in [0, 0.1) is 0 Å². The molecule has 0 unspecified atom stereocenters. The third kappa shape index (κ3) is 3.65. The zero-order chi connectivity index (χ0) is 13.8. The number of nitrogens with one attached hydrogen (secondary N) is 1. The van der Waals surface area contributed by atoms with E-state index < -0.39 is 0 Å². The highest BCUT2D eigenvalue weighted by Crippen LogP contribution is 2.29. The van der Waals surface area contributed by atoms with Crippen LogP contribution >= 0.6 is 35.0 Å². The Balaban J connectivity index is 2.25. The van der Waals surface area contributed by atoms with Gasteiger partial charge in [0.05, 0.1) is 12.1 Å². The van der Waals surface area contributed by atoms with Crippen molar-refractivity contribution >= 4 is 46.5 Å². The van der Waals surface area contributed by atoms with Crippen molar-refractivity contribution < 1.29 is 4.74 Å². The van der Waals surface area contributed by atoms with Gasteiger partial charge in [0.2, 0.25) is 0 Å². The molecule has 2 rings (SSSR count). The highest BCUT2D eigenvalue weighted by atomic mass is 35.5. The summed E-state index contributed by atoms with van der Waals surface area (Å²) in [5.41, 5.74) is 0.799. The maximum atomic E-state index is 6.06. The lowest BCUT2D eigenvalue weighted by Gasteiger charge is -2.09. The van der Waals surface area contributed by atoms with E-state index in [4.69, 9.17) is 27.9 Å². The summed E-state index contributed by atoms with van der Waals surface area (Å²) in [4.78, 5) is 8.37. The van der Waals surface area contributed by atoms with Crippen molar-refractivity contribution in [1.82, 2.24) is 9.97 Å². The van der Waals surface area contributed by atoms with Crippen LogP contribution < -0.4 is 10.1 Å². The molecule has 0 aliphatic rings. The minimum absolute atomic E-state index is 0.390. The van der Waals surface area contributed by atoms with Crippen LogP contribution in [0.5, 0.6) is 5.75 Å². The molecular weight excluding hydrogens is 305 g/mol. The monoisotopic (exact) mass is 315 g/mol. The largest absolute Gasteiger partial charge is 0.495 e. The Morgan fingerprint density at radius 2 is 2.00 bits per heavy atom. The zero-order valence-corrected chi connectivity index (χ0v) is 12.6. The summed E-state index contributed by atoms with van der Waals surface area (Å²) in [6.45, 7) is 0. The fourth-order valence-electron chi connectivity index (χ4n) is 1.44. The van der Waals surface area contributed by atoms with Crippen molar-refractivity contribution in [2.75, 3.05) is 18.7 Å². The molecule has 19 heavy (non-hydrogen) atoms. The number of benzene rings is 1. The molecule has 0 spiro atoms. The number of halogens is 2. The van der Waals surface area contributed by atoms with Gasteiger partial charge in [-0.15, -0.1) is 0 Å². The van der Waals surface area contributed by atoms with Crippen LogP contribution in [0.15, 0.2) is 29.4 Å². The molecule has 0 aliphatic carbocycles. The number of anilines is 2. The van der Waals surface area contributed by atoms with E-state index in [1.165, 1.54) is 11.8 Å². The lowest BCUT2D eigenvalue weighted by molar-refractivity contribution is 0.415. The molecule has 1 aromatic carbocycles. The van der Waals surface area contributed by atoms with Gasteiger partial charge in [0.15, 0.2) is 5.16 Å². The van der Waals surface area contributed by atoms with Crippen LogP contribution in [0.1, 0.15) is 0 Å². The lowest BCUT2D eigenvalue weighted by atomic mass is 10.3. The second-order valence-corrected chi connectivity index (χ2v) is 5.10. The number of ether oxygens (including phenoxy) is 1. The molecule has 0 amide bonds. The first-order valence-corrected chi connectivity index (χ1v) is 7.29. The van der Waals surface area contributed by atoms with Crippen LogP contribution in [0.2, 0.25) is 10.2 Å². The van der Waals surface area contributed by atoms with E-state index in [1.807, 2.05) is 12.3 Å². The van der Waals surface area contributed by atoms with E-state index in [9.17, 15) is 0 Å². The van der Waals surface area contributed by atoms with Crippen molar-refractivity contribution in [2.45, 2.75) is 5.16 Å². The summed E-state index contributed by atoms with van der Waals surface area (Å²) in [6, 6.07) is 7.04. The molecule has 0 radical (unpaired) electrons. The molecule has 0 aliphatic heterocycles. The predicted octanol–water partition coefficient (Wildman–Crippen LogP) is 4.26. The highest BCUT2D eigenvalue weighted by molar-refractivity contribution is 7.98. The Morgan fingerprint density at radius 3 is 2.63 bits per heavy atom. The fourth-order valence-corrected chi connectivity index (χ4v) is 2.31. The van der Waals surface area contributed by atoms with Crippen molar-refractivity contribution in [2.24, 2.45) is 0 Å². The summed E-state index contributed by atoms with van der Waals surface area (Å²) in [6.07, 6.45) is 1.89. The lowest BCUT2D eigenvalue weighted by Crippen LogP contribution is -1.97. The molecule has 0 saturated heterocycles. The number of rotatable bonds is 4. The minimum atomic E-state index is 0.390. The number of methoxy groups -OCH3 is 1. The first-order valence-electron chi connectivity index (χ1n) is 5.31. The van der Waals surface area contributed by atoms with Gasteiger partial charge in [0.25, 0.3) is 0 Å². The maximum absolute atomic E-state index is 6.06. The van der Waals surface area contributed by atoms with Crippen molar-refractivity contribution in [3.63, 3.8) is 0 Å². The second kappa shape index (κ2) is 6.32. The molecule has 1 N–H and O–H groups in total. The molecule has 4 nitrogen and oxygen atoms in total. The van der Waals surface area contributed by atoms with Crippen LogP contribution in [0.4, 0.5) is 11.5 Å². The topological polar surface area (TPSA) is 47.0 Å². The molecule has 0 fully saturated rings. The Kier molecular flexibility index (Phi) is 4.74. The molecule has 1 aromatic heterocycles. The van der Waals surface area contributed by atoms with Gasteiger partial charge in [-0.2, -0.15) is 0 Å². The van der Waals surface area contributed by atoms with E-state index in [1.54, 1.807) is 25.3 Å². The SMILES string of the molecule is COc1ccc(Nc2cc(Cl)nc(SC)n2)cc1Cl. The fraction of sp³-hybridized carbons (Fsp3) is 0.167. The maximum Gasteiger partial charge on any atom is 0.190 e. The van der Waals surface area contributed by atoms with Gasteiger partial charge >= 0.3 is 0 Å². The third-order valence-electron chi connectivity index (χ3n) is 2.28. The Morgan fingerprint density at radius 1 is 1.21 bits per heavy atom. The van der Waals surface area contributed by atoms with E-state index in [2.05, 4.69) is 15.3 Å². The number of hydrogen-bond acceptors (Lipinski definition) is 5. The van der Waals surface area contributed by atoms with Crippen LogP contribution in [-0.4, -0.2) is 23.3 Å². The van der Waals surface area contributed by atoms with Crippen LogP contribution in [0.3, 0.4) is 0 Å². The molecule has 100 valence electrons. The average Bonchev–Trinajstić information content (AvgIpc) is 2.38. The van der Waals surface area contributed by atoms with Crippen molar-refractivity contribution in [3.8, 4) is 5.75 Å². The van der Waals surface area contributed by atoms with E-state index in [-0.39, 0.29) is 0 Å². The summed E-state index contributed by atoms with van der Waals surface area (Å²) < 4.78 is 5.10. The quantitative estimate of drug-likeness (QED) is 0.519. The highest BCUT2D eigenvalue weighted by Gasteiger charge is 2.05. The summed E-state index contributed by atoms with van der Waals surface area (Å²) >= 11 is 13.4. The van der Waals surface area contributed by atoms with E-state index in [0.29, 0.717) is 26.9 Å². The number of aromatic nitrogens is 2. The second-order valence-electron chi connectivity index (χ2n) is 3.54. The first-order chi connectivity index (χ1) is 9.12. The van der Waals surface area contributed by atoms with Crippen molar-refractivity contribution in [3.05, 3.63) is 34.4 Å². The molecule has 0 saturated carbocycles. The third-order valence-corrected chi connectivity index (χ3v) is 3.32. The number of hydrogen-bond donors (Lipinski definition) is 1. The van der Waals surface area contributed by atoms with Gasteiger partial charge < -0.3 is 10.1 Å². The molecule has 1 heterocycles. The normalized spacial score (nSPS) is 10.3. The van der Waals surface area contributed by atoms with Crippen LogP contribution in [-0.2, 0) is 0 Å². The minimum Gasteiger partial charge on any atom is -0.495 e. The van der Waals surface area contributed by atoms with E-state index >= 15 is 0 Å². The summed E-state index contributed by atoms with van der Waals surface area (Å²) in [5, 5.41) is 4.64. The predicted molar refractivity (Wildman–Crippen MR) is 80.1 cm³/mol. The zero-order valence-electron chi connectivity index (χ0n) is 10.3. The molecule has 2 aromatic rings. The Labute approximate surface area is 125 Å². The smallest absolute Gasteiger partial charge is 0.190 e. The number of nitrogens with zero attached hydrogens (tertiary/aromatic N) is 2. The molecular formula is C12H11Cl2N3OS. The summed E-state index contributed by atoms with van der Waals surface area (Å²) in [5.74, 6) is 1.24. The standard InChI is InChI=1S/C12H11Cl2N3OS/c1-18-9-4-3-7(5-8(9)13)15-11-6-10(14)16-12(17-11)19-2/h3-6H,1-2H3,(H,15,16,17). The van der Waals surface area contributed by atoms with Gasteiger partial charge in [-0.05, 0) is 24.5 Å². The van der Waals surface area contributed by atoms with Gasteiger partial charge in [0.1, 0.15) is 16.7 Å². The molecule has 0 atom stereocenters. The van der Waals surface area contributed by atoms with E-state index in [0.717, 1.165) is 5.69 Å². The molecule has 7 heteroatoms. The van der Waals surface area contributed by atoms with Gasteiger partial charge in [-0.1, -0.05) is 35.0 Å². The summed E-state index contributed by atoms with van der Waals surface area (Å²) in [7, 11) is 1.57. The Bertz CT molecular complexity index is 595. The average molecular weight is 316 g/mol. The van der Waals surface area contributed by atoms with Crippen molar-refractivity contribution in [1.29, 1.82) is 0 Å². The Hall–Kier alpha value is -1.17. The van der Waals surface area contributed by atoms with Gasteiger partial charge in [0, 0.05) is 11.8 Å². The first kappa shape index (κ1) is 14.2. The van der Waals surface area contributed by atoms with Gasteiger partial charge in [-0.3, -0.25) is 0 Å². The van der Waals surface area contributed by atoms with Crippen LogP contribution in [0.25, 0.3) is 0 Å².